The lowest BCUT2D eigenvalue weighted by Gasteiger charge is -2.10. The van der Waals surface area contributed by atoms with Gasteiger partial charge in [-0.2, -0.15) is 0 Å². The minimum absolute atomic E-state index is 0.00665. The monoisotopic (exact) mass is 337 g/mol. The van der Waals surface area contributed by atoms with E-state index in [2.05, 4.69) is 9.97 Å². The van der Waals surface area contributed by atoms with Crippen molar-refractivity contribution in [2.75, 3.05) is 13.4 Å². The molecule has 0 aliphatic rings. The van der Waals surface area contributed by atoms with Gasteiger partial charge < -0.3 is 14.8 Å². The van der Waals surface area contributed by atoms with Crippen LogP contribution in [0.1, 0.15) is 16.8 Å². The molecule has 8 nitrogen and oxygen atoms in total. The van der Waals surface area contributed by atoms with E-state index in [0.29, 0.717) is 16.4 Å². The highest BCUT2D eigenvalue weighted by atomic mass is 32.2. The van der Waals surface area contributed by atoms with Crippen molar-refractivity contribution in [1.29, 1.82) is 0 Å². The van der Waals surface area contributed by atoms with Crippen LogP contribution in [0.5, 0.6) is 11.5 Å². The van der Waals surface area contributed by atoms with Gasteiger partial charge in [-0.15, -0.1) is 0 Å². The van der Waals surface area contributed by atoms with Gasteiger partial charge in [0.05, 0.1) is 18.1 Å². The van der Waals surface area contributed by atoms with Crippen LogP contribution in [0.4, 0.5) is 5.69 Å². The molecule has 0 atom stereocenters. The number of hydrogen-bond acceptors (Lipinski definition) is 7. The predicted octanol–water partition coefficient (Wildman–Crippen LogP) is 2.01. The van der Waals surface area contributed by atoms with Gasteiger partial charge >= 0.3 is 0 Å². The van der Waals surface area contributed by atoms with E-state index in [0.717, 1.165) is 6.07 Å². The number of benzene rings is 1. The lowest BCUT2D eigenvalue weighted by molar-refractivity contribution is -0.385. The third kappa shape index (κ3) is 3.45. The van der Waals surface area contributed by atoms with Crippen LogP contribution in [-0.4, -0.2) is 33.4 Å². The van der Waals surface area contributed by atoms with Crippen molar-refractivity contribution in [3.63, 3.8) is 0 Å². The number of aromatic hydroxyl groups is 1. The molecule has 0 radical (unpaired) electrons. The number of non-ortho nitro benzene ring substituents is 1. The summed E-state index contributed by atoms with van der Waals surface area (Å²) in [6, 6.07) is 2.35. The van der Waals surface area contributed by atoms with Gasteiger partial charge in [-0.3, -0.25) is 14.9 Å². The van der Waals surface area contributed by atoms with Crippen molar-refractivity contribution in [2.45, 2.75) is 18.5 Å². The number of phenolic OH excluding ortho intramolecular Hbond substituents is 1. The van der Waals surface area contributed by atoms with Crippen LogP contribution < -0.4 is 10.3 Å². The molecule has 9 heteroatoms. The number of methoxy groups -OCH3 is 1. The molecule has 1 aromatic carbocycles. The SMILES string of the molecule is COc1cc([N+](=O)[O-])cc(Cc2c(C)nc(SC)[nH]c2=O)c1O. The number of H-pyrrole nitrogens is 1. The second-order valence-electron chi connectivity index (χ2n) is 4.73. The number of phenols is 1. The molecule has 0 saturated heterocycles. The fourth-order valence-corrected chi connectivity index (χ4v) is 2.55. The number of nitro groups is 1. The van der Waals surface area contributed by atoms with Crippen molar-refractivity contribution >= 4 is 17.4 Å². The molecule has 2 aromatic rings. The van der Waals surface area contributed by atoms with Gasteiger partial charge in [0, 0.05) is 29.3 Å². The molecule has 23 heavy (non-hydrogen) atoms. The average molecular weight is 337 g/mol. The minimum Gasteiger partial charge on any atom is -0.504 e. The number of hydrogen-bond donors (Lipinski definition) is 2. The number of aryl methyl sites for hydroxylation is 1. The highest BCUT2D eigenvalue weighted by Crippen LogP contribution is 2.35. The number of nitro benzene ring substituents is 1. The zero-order valence-corrected chi connectivity index (χ0v) is 13.6. The Labute approximate surface area is 135 Å². The first-order valence-corrected chi connectivity index (χ1v) is 7.77. The van der Waals surface area contributed by atoms with E-state index in [1.807, 2.05) is 0 Å². The molecule has 0 aliphatic heterocycles. The Morgan fingerprint density at radius 3 is 2.70 bits per heavy atom. The van der Waals surface area contributed by atoms with Crippen molar-refractivity contribution in [1.82, 2.24) is 9.97 Å². The quantitative estimate of drug-likeness (QED) is 0.371. The Hall–Kier alpha value is -2.55. The topological polar surface area (TPSA) is 118 Å². The summed E-state index contributed by atoms with van der Waals surface area (Å²) >= 11 is 1.30. The second kappa shape index (κ2) is 6.69. The first-order chi connectivity index (χ1) is 10.9. The normalized spacial score (nSPS) is 10.6. The molecule has 122 valence electrons. The Morgan fingerprint density at radius 2 is 2.17 bits per heavy atom. The minimum atomic E-state index is -0.586. The maximum absolute atomic E-state index is 12.2. The first kappa shape index (κ1) is 16.8. The Morgan fingerprint density at radius 1 is 1.48 bits per heavy atom. The number of ether oxygens (including phenoxy) is 1. The molecule has 2 rings (SSSR count). The summed E-state index contributed by atoms with van der Waals surface area (Å²) < 4.78 is 4.95. The van der Waals surface area contributed by atoms with Crippen molar-refractivity contribution in [3.05, 3.63) is 49.4 Å². The maximum atomic E-state index is 12.2. The van der Waals surface area contributed by atoms with Crippen LogP contribution in [0, 0.1) is 17.0 Å². The van der Waals surface area contributed by atoms with E-state index in [-0.39, 0.29) is 34.7 Å². The number of thioether (sulfide) groups is 1. The third-order valence-electron chi connectivity index (χ3n) is 3.33. The van der Waals surface area contributed by atoms with Crippen molar-refractivity contribution in [2.24, 2.45) is 0 Å². The summed E-state index contributed by atoms with van der Waals surface area (Å²) in [5.74, 6) is -0.247. The standard InChI is InChI=1S/C14H15N3O5S/c1-7-10(13(19)16-14(15-7)23-3)5-8-4-9(17(20)21)6-11(22-2)12(8)18/h4,6,18H,5H2,1-3H3,(H,15,16,19). The van der Waals surface area contributed by atoms with Gasteiger partial charge in [0.15, 0.2) is 16.7 Å². The van der Waals surface area contributed by atoms with E-state index in [4.69, 9.17) is 4.74 Å². The van der Waals surface area contributed by atoms with Crippen LogP contribution in [0.25, 0.3) is 0 Å². The summed E-state index contributed by atoms with van der Waals surface area (Å²) in [4.78, 5) is 29.4. The van der Waals surface area contributed by atoms with Crippen LogP contribution in [0.3, 0.4) is 0 Å². The molecule has 0 unspecified atom stereocenters. The maximum Gasteiger partial charge on any atom is 0.273 e. The van der Waals surface area contributed by atoms with Crippen LogP contribution in [0.15, 0.2) is 22.1 Å². The second-order valence-corrected chi connectivity index (χ2v) is 5.52. The average Bonchev–Trinajstić information content (AvgIpc) is 2.51. The summed E-state index contributed by atoms with van der Waals surface area (Å²) in [6.45, 7) is 1.68. The molecule has 0 aliphatic carbocycles. The van der Waals surface area contributed by atoms with E-state index >= 15 is 0 Å². The number of aromatic amines is 1. The number of rotatable bonds is 5. The summed E-state index contributed by atoms with van der Waals surface area (Å²) in [6.07, 6.45) is 1.79. The molecular weight excluding hydrogens is 322 g/mol. The van der Waals surface area contributed by atoms with Gasteiger partial charge in [-0.05, 0) is 13.2 Å². The van der Waals surface area contributed by atoms with E-state index < -0.39 is 4.92 Å². The largest absolute Gasteiger partial charge is 0.504 e. The molecule has 0 amide bonds. The fraction of sp³-hybridized carbons (Fsp3) is 0.286. The molecular formula is C14H15N3O5S. The lowest BCUT2D eigenvalue weighted by Crippen LogP contribution is -2.17. The van der Waals surface area contributed by atoms with Gasteiger partial charge in [0.2, 0.25) is 0 Å². The molecule has 0 saturated carbocycles. The number of nitrogens with one attached hydrogen (secondary N) is 1. The zero-order valence-electron chi connectivity index (χ0n) is 12.7. The van der Waals surface area contributed by atoms with Crippen LogP contribution in [0.2, 0.25) is 0 Å². The summed E-state index contributed by atoms with van der Waals surface area (Å²) in [5.41, 5.74) is 0.496. The molecule has 1 heterocycles. The lowest BCUT2D eigenvalue weighted by atomic mass is 10.0. The van der Waals surface area contributed by atoms with Crippen molar-refractivity contribution < 1.29 is 14.8 Å². The van der Waals surface area contributed by atoms with Gasteiger partial charge in [-0.25, -0.2) is 4.98 Å². The molecule has 0 spiro atoms. The fourth-order valence-electron chi connectivity index (χ4n) is 2.13. The zero-order chi connectivity index (χ0) is 17.1. The first-order valence-electron chi connectivity index (χ1n) is 6.55. The number of nitrogens with zero attached hydrogens (tertiary/aromatic N) is 2. The molecule has 0 fully saturated rings. The van der Waals surface area contributed by atoms with Gasteiger partial charge in [0.25, 0.3) is 11.2 Å². The van der Waals surface area contributed by atoms with E-state index in [9.17, 15) is 20.0 Å². The molecule has 2 N–H and O–H groups in total. The molecule has 1 aromatic heterocycles. The van der Waals surface area contributed by atoms with Gasteiger partial charge in [0.1, 0.15) is 0 Å². The summed E-state index contributed by atoms with van der Waals surface area (Å²) in [5, 5.41) is 21.6. The number of aromatic nitrogens is 2. The predicted molar refractivity (Wildman–Crippen MR) is 85.5 cm³/mol. The Kier molecular flexibility index (Phi) is 4.89. The third-order valence-corrected chi connectivity index (χ3v) is 3.91. The van der Waals surface area contributed by atoms with Crippen molar-refractivity contribution in [3.8, 4) is 11.5 Å². The van der Waals surface area contributed by atoms with E-state index in [1.54, 1.807) is 13.2 Å². The van der Waals surface area contributed by atoms with Crippen LogP contribution in [-0.2, 0) is 6.42 Å². The van der Waals surface area contributed by atoms with Crippen LogP contribution >= 0.6 is 11.8 Å². The Bertz CT molecular complexity index is 819. The highest BCUT2D eigenvalue weighted by Gasteiger charge is 2.19. The summed E-state index contributed by atoms with van der Waals surface area (Å²) in [7, 11) is 1.30. The van der Waals surface area contributed by atoms with Gasteiger partial charge in [-0.1, -0.05) is 11.8 Å². The van der Waals surface area contributed by atoms with E-state index in [1.165, 1.54) is 24.9 Å². The molecule has 0 bridgehead atoms. The smallest absolute Gasteiger partial charge is 0.273 e. The highest BCUT2D eigenvalue weighted by molar-refractivity contribution is 7.98. The Balaban J connectivity index is 2.54.